The van der Waals surface area contributed by atoms with Crippen molar-refractivity contribution in [3.63, 3.8) is 0 Å². The quantitative estimate of drug-likeness (QED) is 0.645. The average molecular weight is 454 g/mol. The molecule has 0 spiro atoms. The SMILES string of the molecule is CCOc1ccc(NS(=O)(=O)c2ccc(Cl)nc2Cl)cc1S(=O)(=O)N(C)C. The van der Waals surface area contributed by atoms with Gasteiger partial charge in [0.1, 0.15) is 20.7 Å². The van der Waals surface area contributed by atoms with E-state index in [9.17, 15) is 16.8 Å². The summed E-state index contributed by atoms with van der Waals surface area (Å²) in [6, 6.07) is 6.41. The Hall–Kier alpha value is -1.59. The van der Waals surface area contributed by atoms with Gasteiger partial charge in [0.25, 0.3) is 10.0 Å². The lowest BCUT2D eigenvalue weighted by molar-refractivity contribution is 0.330. The van der Waals surface area contributed by atoms with Gasteiger partial charge >= 0.3 is 0 Å². The van der Waals surface area contributed by atoms with Crippen molar-refractivity contribution in [2.75, 3.05) is 25.4 Å². The molecule has 2 rings (SSSR count). The van der Waals surface area contributed by atoms with Crippen molar-refractivity contribution in [1.29, 1.82) is 0 Å². The number of benzene rings is 1. The summed E-state index contributed by atoms with van der Waals surface area (Å²) in [7, 11) is -5.27. The van der Waals surface area contributed by atoms with Gasteiger partial charge in [-0.05, 0) is 37.3 Å². The molecule has 0 saturated carbocycles. The Morgan fingerprint density at radius 3 is 2.30 bits per heavy atom. The minimum Gasteiger partial charge on any atom is -0.492 e. The molecule has 2 aromatic rings. The molecule has 8 nitrogen and oxygen atoms in total. The highest BCUT2D eigenvalue weighted by atomic mass is 35.5. The fourth-order valence-electron chi connectivity index (χ4n) is 2.05. The zero-order valence-corrected chi connectivity index (χ0v) is 17.7. The van der Waals surface area contributed by atoms with Gasteiger partial charge in [0.05, 0.1) is 12.3 Å². The molecule has 0 amide bonds. The fourth-order valence-corrected chi connectivity index (χ4v) is 4.82. The second-order valence-corrected chi connectivity index (χ2v) is 9.93. The van der Waals surface area contributed by atoms with Crippen LogP contribution in [-0.4, -0.2) is 46.8 Å². The molecule has 0 radical (unpaired) electrons. The highest BCUT2D eigenvalue weighted by Crippen LogP contribution is 2.31. The van der Waals surface area contributed by atoms with Crippen LogP contribution in [0.25, 0.3) is 0 Å². The van der Waals surface area contributed by atoms with E-state index in [2.05, 4.69) is 9.71 Å². The van der Waals surface area contributed by atoms with Crippen molar-refractivity contribution in [1.82, 2.24) is 9.29 Å². The maximum Gasteiger partial charge on any atom is 0.264 e. The van der Waals surface area contributed by atoms with E-state index in [0.29, 0.717) is 0 Å². The molecule has 0 bridgehead atoms. The van der Waals surface area contributed by atoms with Crippen LogP contribution in [0.15, 0.2) is 40.1 Å². The summed E-state index contributed by atoms with van der Waals surface area (Å²) in [5.74, 6) is 0.111. The van der Waals surface area contributed by atoms with Crippen LogP contribution in [0, 0.1) is 0 Å². The van der Waals surface area contributed by atoms with Crippen molar-refractivity contribution in [3.8, 4) is 5.75 Å². The smallest absolute Gasteiger partial charge is 0.264 e. The molecule has 148 valence electrons. The highest BCUT2D eigenvalue weighted by Gasteiger charge is 2.25. The topological polar surface area (TPSA) is 106 Å². The van der Waals surface area contributed by atoms with Gasteiger partial charge in [0.15, 0.2) is 5.15 Å². The largest absolute Gasteiger partial charge is 0.492 e. The Morgan fingerprint density at radius 1 is 1.07 bits per heavy atom. The zero-order chi connectivity index (χ0) is 20.4. The number of hydrogen-bond donors (Lipinski definition) is 1. The standard InChI is InChI=1S/C15H17Cl2N3O5S2/c1-4-25-11-6-5-10(9-13(11)27(23,24)20(2)3)19-26(21,22)12-7-8-14(16)18-15(12)17/h5-9,19H,4H2,1-3H3. The summed E-state index contributed by atoms with van der Waals surface area (Å²) < 4.78 is 58.8. The number of halogens is 2. The second-order valence-electron chi connectivity index (χ2n) is 5.41. The van der Waals surface area contributed by atoms with E-state index in [1.807, 2.05) is 0 Å². The van der Waals surface area contributed by atoms with E-state index < -0.39 is 20.0 Å². The zero-order valence-electron chi connectivity index (χ0n) is 14.6. The molecule has 0 aliphatic carbocycles. The lowest BCUT2D eigenvalue weighted by Gasteiger charge is -2.17. The third-order valence-corrected chi connectivity index (χ3v) is 7.18. The van der Waals surface area contributed by atoms with Gasteiger partial charge in [-0.3, -0.25) is 4.72 Å². The molecule has 0 saturated heterocycles. The molecule has 0 fully saturated rings. The third kappa shape index (κ3) is 4.82. The van der Waals surface area contributed by atoms with Crippen molar-refractivity contribution in [3.05, 3.63) is 40.6 Å². The van der Waals surface area contributed by atoms with Crippen molar-refractivity contribution in [2.45, 2.75) is 16.7 Å². The van der Waals surface area contributed by atoms with Gasteiger partial charge in [-0.25, -0.2) is 26.1 Å². The van der Waals surface area contributed by atoms with E-state index in [-0.39, 0.29) is 38.1 Å². The molecule has 1 aromatic heterocycles. The number of nitrogens with zero attached hydrogens (tertiary/aromatic N) is 2. The van der Waals surface area contributed by atoms with Gasteiger partial charge < -0.3 is 4.74 Å². The van der Waals surface area contributed by atoms with Crippen LogP contribution in [0.3, 0.4) is 0 Å². The monoisotopic (exact) mass is 453 g/mol. The first-order chi connectivity index (χ1) is 12.5. The normalized spacial score (nSPS) is 12.2. The Bertz CT molecular complexity index is 1060. The van der Waals surface area contributed by atoms with E-state index in [4.69, 9.17) is 27.9 Å². The Balaban J connectivity index is 2.51. The lowest BCUT2D eigenvalue weighted by Crippen LogP contribution is -2.23. The Kier molecular flexibility index (Phi) is 6.59. The molecule has 0 atom stereocenters. The van der Waals surface area contributed by atoms with Gasteiger partial charge in [-0.2, -0.15) is 0 Å². The second kappa shape index (κ2) is 8.19. The van der Waals surface area contributed by atoms with Gasteiger partial charge in [-0.1, -0.05) is 23.2 Å². The van der Waals surface area contributed by atoms with Crippen molar-refractivity contribution in [2.24, 2.45) is 0 Å². The number of nitrogens with one attached hydrogen (secondary N) is 1. The molecule has 0 aliphatic rings. The Morgan fingerprint density at radius 2 is 1.74 bits per heavy atom. The van der Waals surface area contributed by atoms with Gasteiger partial charge in [0, 0.05) is 14.1 Å². The van der Waals surface area contributed by atoms with E-state index in [0.717, 1.165) is 4.31 Å². The van der Waals surface area contributed by atoms with Crippen LogP contribution in [0.5, 0.6) is 5.75 Å². The fraction of sp³-hybridized carbons (Fsp3) is 0.267. The number of ether oxygens (including phenoxy) is 1. The number of sulfonamides is 2. The van der Waals surface area contributed by atoms with Crippen molar-refractivity contribution < 1.29 is 21.6 Å². The van der Waals surface area contributed by atoms with Crippen LogP contribution in [0.2, 0.25) is 10.3 Å². The summed E-state index contributed by atoms with van der Waals surface area (Å²) in [5, 5.41) is -0.263. The summed E-state index contributed by atoms with van der Waals surface area (Å²) >= 11 is 11.5. The van der Waals surface area contributed by atoms with E-state index >= 15 is 0 Å². The first-order valence-electron chi connectivity index (χ1n) is 7.53. The third-order valence-electron chi connectivity index (χ3n) is 3.32. The maximum absolute atomic E-state index is 12.6. The molecule has 27 heavy (non-hydrogen) atoms. The predicted octanol–water partition coefficient (Wildman–Crippen LogP) is 2.84. The molecular weight excluding hydrogens is 437 g/mol. The molecule has 1 heterocycles. The van der Waals surface area contributed by atoms with Crippen LogP contribution in [0.4, 0.5) is 5.69 Å². The summed E-state index contributed by atoms with van der Waals surface area (Å²) in [6.45, 7) is 1.95. The number of anilines is 1. The Labute approximate surface area is 168 Å². The molecular formula is C15H17Cl2N3O5S2. The van der Waals surface area contributed by atoms with Crippen molar-refractivity contribution >= 4 is 48.9 Å². The van der Waals surface area contributed by atoms with Gasteiger partial charge in [-0.15, -0.1) is 0 Å². The minimum atomic E-state index is -4.12. The van der Waals surface area contributed by atoms with Gasteiger partial charge in [0.2, 0.25) is 10.0 Å². The first-order valence-corrected chi connectivity index (χ1v) is 11.2. The van der Waals surface area contributed by atoms with Crippen LogP contribution < -0.4 is 9.46 Å². The number of pyridine rings is 1. The van der Waals surface area contributed by atoms with E-state index in [1.165, 1.54) is 44.4 Å². The average Bonchev–Trinajstić information content (AvgIpc) is 2.55. The molecule has 12 heteroatoms. The van der Waals surface area contributed by atoms with E-state index in [1.54, 1.807) is 6.92 Å². The number of aromatic nitrogens is 1. The van der Waals surface area contributed by atoms with Crippen LogP contribution in [0.1, 0.15) is 6.92 Å². The predicted molar refractivity (Wildman–Crippen MR) is 104 cm³/mol. The number of hydrogen-bond acceptors (Lipinski definition) is 6. The summed E-state index contributed by atoms with van der Waals surface area (Å²) in [5.41, 5.74) is 0.0184. The van der Waals surface area contributed by atoms with Crippen LogP contribution in [-0.2, 0) is 20.0 Å². The highest BCUT2D eigenvalue weighted by molar-refractivity contribution is 7.92. The molecule has 1 N–H and O–H groups in total. The maximum atomic E-state index is 12.6. The lowest BCUT2D eigenvalue weighted by atomic mass is 10.3. The molecule has 0 aliphatic heterocycles. The first kappa shape index (κ1) is 21.7. The summed E-state index contributed by atoms with van der Waals surface area (Å²) in [6.07, 6.45) is 0. The van der Waals surface area contributed by atoms with Crippen LogP contribution >= 0.6 is 23.2 Å². The summed E-state index contributed by atoms with van der Waals surface area (Å²) in [4.78, 5) is 3.23. The molecule has 1 aromatic carbocycles. The molecule has 0 unspecified atom stereocenters. The minimum absolute atomic E-state index is 0.0184. The number of rotatable bonds is 7.